The molecule has 0 aromatic heterocycles. The van der Waals surface area contributed by atoms with Gasteiger partial charge in [-0.2, -0.15) is 0 Å². The van der Waals surface area contributed by atoms with Crippen LogP contribution in [0.1, 0.15) is 41.6 Å². The Balaban J connectivity index is 2.11. The molecule has 0 aliphatic heterocycles. The van der Waals surface area contributed by atoms with Gasteiger partial charge in [-0.3, -0.25) is 9.59 Å². The normalized spacial score (nSPS) is 15.3. The highest BCUT2D eigenvalue weighted by Crippen LogP contribution is 2.39. The molecular formula is C16H18O5. The van der Waals surface area contributed by atoms with E-state index in [1.165, 1.54) is 25.5 Å². The van der Waals surface area contributed by atoms with Gasteiger partial charge in [0.15, 0.2) is 11.9 Å². The van der Waals surface area contributed by atoms with Gasteiger partial charge >= 0.3 is 5.97 Å². The molecule has 0 bridgehead atoms. The maximum Gasteiger partial charge on any atom is 0.377 e. The minimum absolute atomic E-state index is 0.0747. The van der Waals surface area contributed by atoms with E-state index in [1.54, 1.807) is 19.1 Å². The Bertz CT molecular complexity index is 542. The average Bonchev–Trinajstić information content (AvgIpc) is 3.33. The average molecular weight is 290 g/mol. The number of carbonyl (C=O) groups excluding carboxylic acids is 3. The monoisotopic (exact) mass is 290 g/mol. The summed E-state index contributed by atoms with van der Waals surface area (Å²) in [5.41, 5.74) is 1.54. The molecule has 2 rings (SSSR count). The summed E-state index contributed by atoms with van der Waals surface area (Å²) in [6.07, 6.45) is 0.904. The van der Waals surface area contributed by atoms with Gasteiger partial charge in [-0.15, -0.1) is 0 Å². The van der Waals surface area contributed by atoms with E-state index >= 15 is 0 Å². The van der Waals surface area contributed by atoms with Crippen molar-refractivity contribution in [3.05, 3.63) is 35.4 Å². The van der Waals surface area contributed by atoms with E-state index in [9.17, 15) is 14.4 Å². The van der Waals surface area contributed by atoms with Crippen molar-refractivity contribution in [2.75, 3.05) is 13.7 Å². The third-order valence-electron chi connectivity index (χ3n) is 3.43. The first kappa shape index (κ1) is 15.4. The van der Waals surface area contributed by atoms with Gasteiger partial charge in [-0.25, -0.2) is 4.79 Å². The smallest absolute Gasteiger partial charge is 0.377 e. The van der Waals surface area contributed by atoms with Crippen LogP contribution in [0.5, 0.6) is 0 Å². The number of Topliss-reactive ketones (excluding diaryl/α,β-unsaturated/α-hetero) is 2. The predicted octanol–water partition coefficient (Wildman–Crippen LogP) is 1.89. The summed E-state index contributed by atoms with van der Waals surface area (Å²) in [6.45, 7) is 1.66. The fourth-order valence-electron chi connectivity index (χ4n) is 2.13. The van der Waals surface area contributed by atoms with Gasteiger partial charge in [0.2, 0.25) is 0 Å². The number of esters is 1. The first-order chi connectivity index (χ1) is 10.1. The van der Waals surface area contributed by atoms with Gasteiger partial charge in [0, 0.05) is 12.7 Å². The molecule has 1 aromatic carbocycles. The van der Waals surface area contributed by atoms with Crippen molar-refractivity contribution in [2.24, 2.45) is 0 Å². The zero-order chi connectivity index (χ0) is 15.4. The molecule has 112 valence electrons. The molecule has 5 heteroatoms. The Kier molecular flexibility index (Phi) is 4.85. The summed E-state index contributed by atoms with van der Waals surface area (Å²) >= 11 is 0. The van der Waals surface area contributed by atoms with E-state index in [0.717, 1.165) is 0 Å². The largest absolute Gasteiger partial charge is 0.460 e. The van der Waals surface area contributed by atoms with Crippen LogP contribution in [0.25, 0.3) is 0 Å². The Morgan fingerprint density at radius 3 is 2.29 bits per heavy atom. The Hall–Kier alpha value is -2.01. The summed E-state index contributed by atoms with van der Waals surface area (Å²) in [4.78, 5) is 35.5. The predicted molar refractivity (Wildman–Crippen MR) is 75.2 cm³/mol. The van der Waals surface area contributed by atoms with Crippen LogP contribution in [-0.4, -0.2) is 37.4 Å². The number of hydrogen-bond donors (Lipinski definition) is 0. The minimum atomic E-state index is -1.45. The molecule has 1 aliphatic rings. The Labute approximate surface area is 123 Å². The van der Waals surface area contributed by atoms with Crippen LogP contribution in [0.2, 0.25) is 0 Å². The minimum Gasteiger partial charge on any atom is -0.460 e. The third-order valence-corrected chi connectivity index (χ3v) is 3.43. The molecule has 5 nitrogen and oxygen atoms in total. The molecule has 0 spiro atoms. The van der Waals surface area contributed by atoms with E-state index in [0.29, 0.717) is 11.5 Å². The van der Waals surface area contributed by atoms with Gasteiger partial charge in [-0.1, -0.05) is 24.3 Å². The highest BCUT2D eigenvalue weighted by Gasteiger charge is 2.33. The Morgan fingerprint density at radius 2 is 1.81 bits per heavy atom. The topological polar surface area (TPSA) is 69.7 Å². The number of benzene rings is 1. The third kappa shape index (κ3) is 3.55. The number of carbonyl (C=O) groups is 3. The zero-order valence-corrected chi connectivity index (χ0v) is 12.1. The standard InChI is InChI=1S/C16H18O5/c1-3-21-16(19)14(18)15(20-2)13(17)12-8-6-11(7-9-12)10-4-5-10/h6-10,15H,3-5H2,1-2H3. The molecule has 1 aromatic rings. The molecule has 1 unspecified atom stereocenters. The van der Waals surface area contributed by atoms with Crippen LogP contribution in [0.15, 0.2) is 24.3 Å². The molecule has 1 fully saturated rings. The van der Waals surface area contributed by atoms with Crippen LogP contribution >= 0.6 is 0 Å². The van der Waals surface area contributed by atoms with E-state index in [1.807, 2.05) is 12.1 Å². The first-order valence-corrected chi connectivity index (χ1v) is 6.96. The molecule has 0 saturated heterocycles. The number of hydrogen-bond acceptors (Lipinski definition) is 5. The van der Waals surface area contributed by atoms with Gasteiger partial charge in [0.1, 0.15) is 0 Å². The van der Waals surface area contributed by atoms with E-state index in [2.05, 4.69) is 4.74 Å². The number of ether oxygens (including phenoxy) is 2. The van der Waals surface area contributed by atoms with Crippen molar-refractivity contribution < 1.29 is 23.9 Å². The number of rotatable bonds is 7. The second-order valence-electron chi connectivity index (χ2n) is 4.96. The summed E-state index contributed by atoms with van der Waals surface area (Å²) in [5.74, 6) is -1.96. The van der Waals surface area contributed by atoms with Crippen molar-refractivity contribution >= 4 is 17.5 Å². The molecule has 1 saturated carbocycles. The summed E-state index contributed by atoms with van der Waals surface area (Å²) < 4.78 is 9.50. The van der Waals surface area contributed by atoms with E-state index < -0.39 is 23.6 Å². The van der Waals surface area contributed by atoms with Crippen LogP contribution < -0.4 is 0 Å². The molecule has 0 amide bonds. The lowest BCUT2D eigenvalue weighted by Crippen LogP contribution is -2.38. The first-order valence-electron chi connectivity index (χ1n) is 6.96. The lowest BCUT2D eigenvalue weighted by atomic mass is 10.0. The molecule has 1 aliphatic carbocycles. The van der Waals surface area contributed by atoms with Crippen molar-refractivity contribution in [1.29, 1.82) is 0 Å². The van der Waals surface area contributed by atoms with Crippen LogP contribution in [-0.2, 0) is 19.1 Å². The molecule has 0 N–H and O–H groups in total. The highest BCUT2D eigenvalue weighted by atomic mass is 16.5. The molecule has 1 atom stereocenters. The highest BCUT2D eigenvalue weighted by molar-refractivity contribution is 6.41. The van der Waals surface area contributed by atoms with Crippen LogP contribution in [0, 0.1) is 0 Å². The Morgan fingerprint density at radius 1 is 1.19 bits per heavy atom. The quantitative estimate of drug-likeness (QED) is 0.332. The lowest BCUT2D eigenvalue weighted by molar-refractivity contribution is -0.156. The number of methoxy groups -OCH3 is 1. The maximum atomic E-state index is 12.3. The molecule has 21 heavy (non-hydrogen) atoms. The molecule has 0 heterocycles. The van der Waals surface area contributed by atoms with Crippen LogP contribution in [0.4, 0.5) is 0 Å². The number of ketones is 2. The van der Waals surface area contributed by atoms with Crippen molar-refractivity contribution in [2.45, 2.75) is 31.8 Å². The van der Waals surface area contributed by atoms with Gasteiger partial charge in [-0.05, 0) is 31.2 Å². The SMILES string of the molecule is CCOC(=O)C(=O)C(OC)C(=O)c1ccc(C2CC2)cc1. The lowest BCUT2D eigenvalue weighted by Gasteiger charge is -2.12. The van der Waals surface area contributed by atoms with Crippen molar-refractivity contribution in [1.82, 2.24) is 0 Å². The fourth-order valence-corrected chi connectivity index (χ4v) is 2.13. The summed E-state index contributed by atoms with van der Waals surface area (Å²) in [6, 6.07) is 7.10. The van der Waals surface area contributed by atoms with Gasteiger partial charge < -0.3 is 9.47 Å². The molecular weight excluding hydrogens is 272 g/mol. The summed E-state index contributed by atoms with van der Waals surface area (Å²) in [7, 11) is 1.22. The fraction of sp³-hybridized carbons (Fsp3) is 0.438. The van der Waals surface area contributed by atoms with Crippen LogP contribution in [0.3, 0.4) is 0 Å². The van der Waals surface area contributed by atoms with Gasteiger partial charge in [0.25, 0.3) is 5.78 Å². The zero-order valence-electron chi connectivity index (χ0n) is 12.1. The molecule has 0 radical (unpaired) electrons. The van der Waals surface area contributed by atoms with Crippen molar-refractivity contribution in [3.8, 4) is 0 Å². The maximum absolute atomic E-state index is 12.3. The second-order valence-corrected chi connectivity index (χ2v) is 4.96. The van der Waals surface area contributed by atoms with Gasteiger partial charge in [0.05, 0.1) is 6.61 Å². The van der Waals surface area contributed by atoms with E-state index in [4.69, 9.17) is 4.74 Å². The van der Waals surface area contributed by atoms with E-state index in [-0.39, 0.29) is 6.61 Å². The van der Waals surface area contributed by atoms with Crippen molar-refractivity contribution in [3.63, 3.8) is 0 Å². The summed E-state index contributed by atoms with van der Waals surface area (Å²) in [5, 5.41) is 0. The second kappa shape index (κ2) is 6.63.